The molecule has 7 N–H and O–H groups in total. The highest BCUT2D eigenvalue weighted by molar-refractivity contribution is 6.35. The highest BCUT2D eigenvalue weighted by atomic mass is 15.4. The number of para-hydroxylation sites is 2. The molecule has 4 rings (SSSR count). The van der Waals surface area contributed by atoms with Gasteiger partial charge in [0.1, 0.15) is 26.0 Å². The molecule has 1 unspecified atom stereocenters. The molecule has 3 aromatic rings. The second-order valence-electron chi connectivity index (χ2n) is 6.87. The van der Waals surface area contributed by atoms with Gasteiger partial charge in [0.15, 0.2) is 0 Å². The Morgan fingerprint density at radius 2 is 2.24 bits per heavy atom. The summed E-state index contributed by atoms with van der Waals surface area (Å²) < 4.78 is 1.49. The van der Waals surface area contributed by atoms with Crippen LogP contribution < -0.4 is 27.6 Å². The van der Waals surface area contributed by atoms with E-state index < -0.39 is 0 Å². The molecular formula is C19H28BN9. The number of imidazole rings is 1. The van der Waals surface area contributed by atoms with E-state index in [-0.39, 0.29) is 0 Å². The lowest BCUT2D eigenvalue weighted by Crippen LogP contribution is -2.39. The highest BCUT2D eigenvalue weighted by Crippen LogP contribution is 2.10. The van der Waals surface area contributed by atoms with Crippen LogP contribution in [0.4, 0.5) is 5.82 Å². The average Bonchev–Trinajstić information content (AvgIpc) is 3.29. The molecule has 1 saturated heterocycles. The Morgan fingerprint density at radius 3 is 2.83 bits per heavy atom. The van der Waals surface area contributed by atoms with Crippen LogP contribution in [0.3, 0.4) is 0 Å². The van der Waals surface area contributed by atoms with Crippen LogP contribution in [0.1, 0.15) is 25.6 Å². The number of rotatable bonds is 3. The van der Waals surface area contributed by atoms with Gasteiger partial charge in [-0.1, -0.05) is 12.1 Å². The predicted molar refractivity (Wildman–Crippen MR) is 118 cm³/mol. The van der Waals surface area contributed by atoms with Crippen molar-refractivity contribution in [2.24, 2.45) is 10.7 Å². The van der Waals surface area contributed by atoms with Crippen LogP contribution in [0.2, 0.25) is 0 Å². The lowest BCUT2D eigenvalue weighted by Gasteiger charge is -2.17. The van der Waals surface area contributed by atoms with E-state index in [1.54, 1.807) is 0 Å². The number of anilines is 1. The molecule has 2 aromatic heterocycles. The van der Waals surface area contributed by atoms with Crippen molar-refractivity contribution in [2.75, 3.05) is 25.4 Å². The fourth-order valence-electron chi connectivity index (χ4n) is 3.00. The van der Waals surface area contributed by atoms with E-state index in [1.807, 2.05) is 31.2 Å². The molecular weight excluding hydrogens is 365 g/mol. The number of fused-ring (bicyclic) bond motifs is 1. The Hall–Kier alpha value is -2.85. The lowest BCUT2D eigenvalue weighted by atomic mass is 10.0. The molecule has 1 aliphatic heterocycles. The first-order valence-electron chi connectivity index (χ1n) is 9.86. The Bertz CT molecular complexity index is 907. The van der Waals surface area contributed by atoms with Crippen molar-refractivity contribution in [3.05, 3.63) is 36.3 Å². The van der Waals surface area contributed by atoms with Crippen molar-refractivity contribution in [1.29, 1.82) is 0 Å². The summed E-state index contributed by atoms with van der Waals surface area (Å²) in [6.45, 7) is 5.22. The fourth-order valence-corrected chi connectivity index (χ4v) is 3.00. The quantitative estimate of drug-likeness (QED) is 0.239. The van der Waals surface area contributed by atoms with Gasteiger partial charge in [-0.05, 0) is 43.9 Å². The first-order valence-corrected chi connectivity index (χ1v) is 9.86. The zero-order valence-electron chi connectivity index (χ0n) is 16.7. The minimum atomic E-state index is 0.365. The normalized spacial score (nSPS) is 17.0. The topological polar surface area (TPSA) is 135 Å². The van der Waals surface area contributed by atoms with Gasteiger partial charge in [-0.25, -0.2) is 9.98 Å². The minimum absolute atomic E-state index is 0.365. The maximum Gasteiger partial charge on any atom is 0.221 e. The van der Waals surface area contributed by atoms with Crippen LogP contribution in [0.25, 0.3) is 11.0 Å². The van der Waals surface area contributed by atoms with E-state index in [0.29, 0.717) is 36.4 Å². The van der Waals surface area contributed by atoms with Crippen LogP contribution >= 0.6 is 0 Å². The molecule has 10 heteroatoms. The molecule has 0 bridgehead atoms. The van der Waals surface area contributed by atoms with Crippen molar-refractivity contribution in [1.82, 2.24) is 30.4 Å². The molecule has 3 heterocycles. The summed E-state index contributed by atoms with van der Waals surface area (Å²) in [6, 6.07) is 8.27. The second kappa shape index (κ2) is 10.1. The lowest BCUT2D eigenvalue weighted by molar-refractivity contribution is 0.459. The zero-order valence-corrected chi connectivity index (χ0v) is 16.7. The van der Waals surface area contributed by atoms with Crippen molar-refractivity contribution in [3.63, 3.8) is 0 Å². The fraction of sp³-hybridized carbons (Fsp3) is 0.421. The van der Waals surface area contributed by atoms with Crippen molar-refractivity contribution < 1.29 is 0 Å². The number of hydrogen-bond acceptors (Lipinski definition) is 6. The number of hydrogen-bond donors (Lipinski definition) is 5. The van der Waals surface area contributed by atoms with E-state index in [4.69, 9.17) is 19.3 Å². The molecule has 0 spiro atoms. The molecule has 0 amide bonds. The van der Waals surface area contributed by atoms with Crippen molar-refractivity contribution in [3.8, 4) is 0 Å². The van der Waals surface area contributed by atoms with Gasteiger partial charge in [-0.2, -0.15) is 9.78 Å². The summed E-state index contributed by atoms with van der Waals surface area (Å²) in [4.78, 5) is 12.2. The van der Waals surface area contributed by atoms with Gasteiger partial charge in [-0.15, -0.1) is 0 Å². The van der Waals surface area contributed by atoms with Crippen LogP contribution in [0.15, 0.2) is 35.5 Å². The molecule has 29 heavy (non-hydrogen) atoms. The van der Waals surface area contributed by atoms with E-state index in [2.05, 4.69) is 30.7 Å². The minimum Gasteiger partial charge on any atom is -0.384 e. The number of piperidine rings is 1. The van der Waals surface area contributed by atoms with Gasteiger partial charge in [0.2, 0.25) is 5.96 Å². The number of nitrogens with two attached hydrogens (primary N) is 2. The molecule has 1 aliphatic rings. The summed E-state index contributed by atoms with van der Waals surface area (Å²) in [5.41, 5.74) is 13.8. The summed E-state index contributed by atoms with van der Waals surface area (Å²) in [5, 5.41) is 10.5. The van der Waals surface area contributed by atoms with E-state index in [1.165, 1.54) is 23.7 Å². The predicted octanol–water partition coefficient (Wildman–Crippen LogP) is -0.154. The highest BCUT2D eigenvalue weighted by Gasteiger charge is 2.09. The average molecular weight is 393 g/mol. The number of nitrogens with one attached hydrogen (secondary N) is 3. The Morgan fingerprint density at radius 1 is 1.41 bits per heavy atom. The molecule has 152 valence electrons. The number of aliphatic imine (C=N–C) groups is 1. The second-order valence-corrected chi connectivity index (χ2v) is 6.87. The first-order chi connectivity index (χ1) is 14.1. The number of nitrogens with zero attached hydrogens (tertiary/aromatic N) is 4. The summed E-state index contributed by atoms with van der Waals surface area (Å²) in [7, 11) is 5.72. The molecule has 9 nitrogen and oxygen atoms in total. The Labute approximate surface area is 171 Å². The smallest absolute Gasteiger partial charge is 0.221 e. The molecule has 0 aliphatic carbocycles. The standard InChI is InChI=1S/C14H16BN7.C5H12N2/c1-2-17-14(22-13(16)9(15)7-19-22)18-8-12-20-10-5-3-4-6-11(10)21-12;6-5-2-1-3-7-4-5/h3-7H,2,8,16H2,1H3,(H,17,18)(H,20,21);5,7H,1-4,6H2. The van der Waals surface area contributed by atoms with Crippen LogP contribution in [0, 0.1) is 0 Å². The van der Waals surface area contributed by atoms with Crippen molar-refractivity contribution >= 4 is 36.1 Å². The first kappa shape index (κ1) is 20.9. The molecule has 0 saturated carbocycles. The third kappa shape index (κ3) is 5.58. The van der Waals surface area contributed by atoms with Gasteiger partial charge in [-0.3, -0.25) is 0 Å². The van der Waals surface area contributed by atoms with E-state index in [0.717, 1.165) is 29.9 Å². The summed E-state index contributed by atoms with van der Waals surface area (Å²) in [5.74, 6) is 1.68. The largest absolute Gasteiger partial charge is 0.384 e. The van der Waals surface area contributed by atoms with Gasteiger partial charge in [0, 0.05) is 25.3 Å². The maximum atomic E-state index is 5.90. The third-order valence-electron chi connectivity index (χ3n) is 4.52. The van der Waals surface area contributed by atoms with Crippen LogP contribution in [-0.2, 0) is 6.54 Å². The van der Waals surface area contributed by atoms with Gasteiger partial charge >= 0.3 is 0 Å². The van der Waals surface area contributed by atoms with E-state index >= 15 is 0 Å². The van der Waals surface area contributed by atoms with Gasteiger partial charge in [0.05, 0.1) is 11.0 Å². The number of aromatic nitrogens is 4. The monoisotopic (exact) mass is 393 g/mol. The SMILES string of the molecule is NC1CCCNC1.[B]c1cnn(C(=NCc2nc3ccccc3[nH]2)NCC)c1N. The summed E-state index contributed by atoms with van der Waals surface area (Å²) >= 11 is 0. The maximum absolute atomic E-state index is 5.90. The number of aromatic amines is 1. The Kier molecular flexibility index (Phi) is 7.26. The number of benzene rings is 1. The number of nitrogen functional groups attached to an aromatic ring is 1. The van der Waals surface area contributed by atoms with Crippen molar-refractivity contribution in [2.45, 2.75) is 32.4 Å². The molecule has 1 atom stereocenters. The van der Waals surface area contributed by atoms with Crippen LogP contribution in [0.5, 0.6) is 0 Å². The van der Waals surface area contributed by atoms with E-state index in [9.17, 15) is 0 Å². The van der Waals surface area contributed by atoms with Gasteiger partial charge < -0.3 is 27.1 Å². The molecule has 1 fully saturated rings. The van der Waals surface area contributed by atoms with Gasteiger partial charge in [0.25, 0.3) is 0 Å². The van der Waals surface area contributed by atoms with Crippen LogP contribution in [-0.4, -0.2) is 59.2 Å². The third-order valence-corrected chi connectivity index (χ3v) is 4.52. The number of H-pyrrole nitrogens is 1. The molecule has 2 radical (unpaired) electrons. The Balaban J connectivity index is 0.000000290. The summed E-state index contributed by atoms with van der Waals surface area (Å²) in [6.07, 6.45) is 3.96. The zero-order chi connectivity index (χ0) is 20.6. The molecule has 1 aromatic carbocycles.